The summed E-state index contributed by atoms with van der Waals surface area (Å²) in [6.45, 7) is 1.66. The molecule has 0 bridgehead atoms. The van der Waals surface area contributed by atoms with Gasteiger partial charge in [0, 0.05) is 12.0 Å². The Balaban J connectivity index is 1.72. The Morgan fingerprint density at radius 3 is 2.58 bits per heavy atom. The van der Waals surface area contributed by atoms with E-state index in [9.17, 15) is 19.5 Å². The van der Waals surface area contributed by atoms with Gasteiger partial charge in [0.25, 0.3) is 0 Å². The molecule has 1 heterocycles. The van der Waals surface area contributed by atoms with Gasteiger partial charge in [-0.25, -0.2) is 4.79 Å². The van der Waals surface area contributed by atoms with Gasteiger partial charge >= 0.3 is 5.97 Å². The molecule has 3 rings (SSSR count). The van der Waals surface area contributed by atoms with Gasteiger partial charge in [0.1, 0.15) is 12.1 Å². The monoisotopic (exact) mass is 426 g/mol. The number of hydrogen-bond donors (Lipinski definition) is 3. The number of carboxylic acid groups (broad SMARTS) is 1. The van der Waals surface area contributed by atoms with Crippen molar-refractivity contribution in [1.29, 1.82) is 0 Å². The number of benzene rings is 1. The first kappa shape index (κ1) is 22.8. The summed E-state index contributed by atoms with van der Waals surface area (Å²) in [6.07, 6.45) is 6.97. The van der Waals surface area contributed by atoms with Crippen molar-refractivity contribution in [2.45, 2.75) is 76.0 Å². The van der Waals surface area contributed by atoms with Gasteiger partial charge in [-0.3, -0.25) is 14.9 Å². The number of ketones is 1. The maximum atomic E-state index is 13.3. The van der Waals surface area contributed by atoms with Gasteiger partial charge in [-0.15, -0.1) is 0 Å². The van der Waals surface area contributed by atoms with Crippen LogP contribution in [-0.4, -0.2) is 56.9 Å². The molecule has 2 fully saturated rings. The molecule has 1 aliphatic carbocycles. The number of carboxylic acids is 1. The minimum absolute atomic E-state index is 0.0534. The third-order valence-electron chi connectivity index (χ3n) is 6.51. The highest BCUT2D eigenvalue weighted by atomic mass is 16.4. The Labute approximate surface area is 182 Å². The largest absolute Gasteiger partial charge is 0.480 e. The summed E-state index contributed by atoms with van der Waals surface area (Å²) in [5, 5.41) is 21.6. The molecule has 166 valence electrons. The summed E-state index contributed by atoms with van der Waals surface area (Å²) in [7, 11) is 0. The van der Waals surface area contributed by atoms with E-state index in [2.05, 4.69) is 11.2 Å². The number of Topliss-reactive ketones (excluding diaryl/α,β-unsaturated/α-hetero) is 1. The van der Waals surface area contributed by atoms with Crippen molar-refractivity contribution in [3.8, 4) is 12.0 Å². The van der Waals surface area contributed by atoms with E-state index in [1.807, 2.05) is 30.3 Å². The molecule has 2 aliphatic rings. The second kappa shape index (κ2) is 10.5. The molecule has 7 heteroatoms. The molecule has 0 spiro atoms. The Morgan fingerprint density at radius 2 is 1.90 bits per heavy atom. The van der Waals surface area contributed by atoms with Crippen LogP contribution in [0.4, 0.5) is 0 Å². The molecule has 7 nitrogen and oxygen atoms in total. The van der Waals surface area contributed by atoms with Crippen LogP contribution in [0, 0.1) is 17.9 Å². The van der Waals surface area contributed by atoms with E-state index >= 15 is 0 Å². The number of hydrogen-bond acceptors (Lipinski definition) is 5. The van der Waals surface area contributed by atoms with Gasteiger partial charge in [0.15, 0.2) is 0 Å². The fraction of sp³-hybridized carbons (Fsp3) is 0.542. The highest BCUT2D eigenvalue weighted by Crippen LogP contribution is 2.40. The van der Waals surface area contributed by atoms with Gasteiger partial charge in [-0.2, -0.15) is 0 Å². The zero-order valence-electron chi connectivity index (χ0n) is 17.8. The molecule has 0 unspecified atom stereocenters. The second-order valence-corrected chi connectivity index (χ2v) is 8.51. The van der Waals surface area contributed by atoms with E-state index in [1.54, 1.807) is 17.9 Å². The summed E-state index contributed by atoms with van der Waals surface area (Å²) >= 11 is 0. The molecule has 1 saturated heterocycles. The van der Waals surface area contributed by atoms with E-state index in [0.29, 0.717) is 19.3 Å². The van der Waals surface area contributed by atoms with Crippen LogP contribution in [0.2, 0.25) is 0 Å². The third-order valence-corrected chi connectivity index (χ3v) is 6.51. The van der Waals surface area contributed by atoms with Crippen molar-refractivity contribution in [2.75, 3.05) is 0 Å². The van der Waals surface area contributed by atoms with E-state index < -0.39 is 29.9 Å². The topological polar surface area (TPSA) is 107 Å². The standard InChI is InChI=1S/C24H30N2O5/c1-16(23(29)26-20-10-6-5-9-18(20)15-21(26)24(30)31)25-19(22(28)13-14-27)12-11-17-7-3-2-4-8-17/h2-4,7-8,16,18-21,25,27H,5-6,9-12,15H2,1H3,(H,30,31)/t16-,18+,19-,20-,21-/m0/s1. The maximum Gasteiger partial charge on any atom is 0.326 e. The number of rotatable bonds is 8. The lowest BCUT2D eigenvalue weighted by atomic mass is 9.84. The predicted molar refractivity (Wildman–Crippen MR) is 115 cm³/mol. The second-order valence-electron chi connectivity index (χ2n) is 8.51. The number of carbonyl (C=O) groups excluding carboxylic acids is 2. The zero-order valence-corrected chi connectivity index (χ0v) is 17.8. The van der Waals surface area contributed by atoms with Gasteiger partial charge in [-0.05, 0) is 50.5 Å². The minimum Gasteiger partial charge on any atom is -0.480 e. The van der Waals surface area contributed by atoms with Crippen LogP contribution in [0.1, 0.15) is 51.0 Å². The predicted octanol–water partition coefficient (Wildman–Crippen LogP) is 2.11. The van der Waals surface area contributed by atoms with E-state index in [1.165, 1.54) is 0 Å². The number of aryl methyl sites for hydroxylation is 1. The lowest BCUT2D eigenvalue weighted by Gasteiger charge is -2.35. The average molecular weight is 427 g/mol. The number of aliphatic hydroxyl groups excluding tert-OH is 1. The lowest BCUT2D eigenvalue weighted by Crippen LogP contribution is -2.55. The third kappa shape index (κ3) is 5.45. The summed E-state index contributed by atoms with van der Waals surface area (Å²) in [6, 6.07) is 7.30. The van der Waals surface area contributed by atoms with Gasteiger partial charge in [0.2, 0.25) is 11.7 Å². The number of nitrogens with one attached hydrogen (secondary N) is 1. The average Bonchev–Trinajstić information content (AvgIpc) is 3.16. The molecule has 3 N–H and O–H groups in total. The van der Waals surface area contributed by atoms with Crippen molar-refractivity contribution >= 4 is 17.7 Å². The lowest BCUT2D eigenvalue weighted by molar-refractivity contribution is -0.150. The summed E-state index contributed by atoms with van der Waals surface area (Å²) in [5.41, 5.74) is 1.05. The van der Waals surface area contributed by atoms with Crippen LogP contribution in [0.15, 0.2) is 30.3 Å². The Morgan fingerprint density at radius 1 is 1.19 bits per heavy atom. The minimum atomic E-state index is -0.974. The van der Waals surface area contributed by atoms with Crippen LogP contribution in [0.3, 0.4) is 0 Å². The highest BCUT2D eigenvalue weighted by Gasteiger charge is 2.48. The highest BCUT2D eigenvalue weighted by molar-refractivity contribution is 6.00. The molecule has 1 saturated carbocycles. The SMILES string of the molecule is C[C@H](N[C@@H](CCc1ccccc1)C(=O)C#CO)C(=O)N1[C@H](C(=O)O)C[C@H]2CCCC[C@@H]21. The van der Waals surface area contributed by atoms with Crippen LogP contribution in [0.5, 0.6) is 0 Å². The van der Waals surface area contributed by atoms with Crippen LogP contribution in [0.25, 0.3) is 0 Å². The number of aliphatic carboxylic acids is 1. The molecule has 31 heavy (non-hydrogen) atoms. The molecule has 0 aromatic heterocycles. The van der Waals surface area contributed by atoms with Crippen LogP contribution in [-0.2, 0) is 20.8 Å². The van der Waals surface area contributed by atoms with Gasteiger partial charge in [-0.1, -0.05) is 43.2 Å². The fourth-order valence-corrected chi connectivity index (χ4v) is 4.98. The number of aliphatic hydroxyl groups is 1. The van der Waals surface area contributed by atoms with E-state index in [-0.39, 0.29) is 17.9 Å². The van der Waals surface area contributed by atoms with Gasteiger partial charge in [0.05, 0.1) is 12.1 Å². The van der Waals surface area contributed by atoms with Crippen molar-refractivity contribution in [2.24, 2.45) is 5.92 Å². The number of likely N-dealkylation sites (tertiary alicyclic amines) is 1. The molecule has 0 radical (unpaired) electrons. The van der Waals surface area contributed by atoms with Crippen molar-refractivity contribution in [1.82, 2.24) is 10.2 Å². The maximum absolute atomic E-state index is 13.3. The summed E-state index contributed by atoms with van der Waals surface area (Å²) in [5.74, 6) is 0.612. The first-order chi connectivity index (χ1) is 14.9. The molecule has 1 amide bonds. The quantitative estimate of drug-likeness (QED) is 0.550. The molecular formula is C24H30N2O5. The smallest absolute Gasteiger partial charge is 0.326 e. The molecule has 1 aliphatic heterocycles. The zero-order chi connectivity index (χ0) is 22.4. The first-order valence-electron chi connectivity index (χ1n) is 11.0. The van der Waals surface area contributed by atoms with Crippen LogP contribution >= 0.6 is 0 Å². The number of amides is 1. The first-order valence-corrected chi connectivity index (χ1v) is 11.0. The normalized spacial score (nSPS) is 24.4. The van der Waals surface area contributed by atoms with Gasteiger partial charge < -0.3 is 15.1 Å². The number of carbonyl (C=O) groups is 3. The van der Waals surface area contributed by atoms with Crippen molar-refractivity contribution < 1.29 is 24.6 Å². The Hall–Kier alpha value is -2.85. The molecule has 1 aromatic carbocycles. The molecule has 1 aromatic rings. The summed E-state index contributed by atoms with van der Waals surface area (Å²) in [4.78, 5) is 39.1. The van der Waals surface area contributed by atoms with Crippen molar-refractivity contribution in [3.05, 3.63) is 35.9 Å². The Kier molecular flexibility index (Phi) is 7.69. The fourth-order valence-electron chi connectivity index (χ4n) is 4.98. The van der Waals surface area contributed by atoms with E-state index in [4.69, 9.17) is 5.11 Å². The Bertz CT molecular complexity index is 860. The van der Waals surface area contributed by atoms with E-state index in [0.717, 1.165) is 31.2 Å². The van der Waals surface area contributed by atoms with Crippen molar-refractivity contribution in [3.63, 3.8) is 0 Å². The molecular weight excluding hydrogens is 396 g/mol. The summed E-state index contributed by atoms with van der Waals surface area (Å²) < 4.78 is 0. The van der Waals surface area contributed by atoms with Crippen LogP contribution < -0.4 is 5.32 Å². The molecule has 5 atom stereocenters. The number of fused-ring (bicyclic) bond motifs is 1. The number of nitrogens with zero attached hydrogens (tertiary/aromatic N) is 1.